The van der Waals surface area contributed by atoms with Crippen molar-refractivity contribution in [1.29, 1.82) is 0 Å². The molecule has 0 unspecified atom stereocenters. The van der Waals surface area contributed by atoms with E-state index in [1.165, 1.54) is 12.3 Å². The van der Waals surface area contributed by atoms with Gasteiger partial charge in [-0.15, -0.1) is 0 Å². The third-order valence-corrected chi connectivity index (χ3v) is 6.60. The maximum absolute atomic E-state index is 12.7. The predicted molar refractivity (Wildman–Crippen MR) is 138 cm³/mol. The van der Waals surface area contributed by atoms with Crippen LogP contribution in [0, 0.1) is 13.8 Å². The van der Waals surface area contributed by atoms with Crippen LogP contribution in [0.5, 0.6) is 5.75 Å². The van der Waals surface area contributed by atoms with E-state index in [0.29, 0.717) is 17.8 Å². The van der Waals surface area contributed by atoms with Gasteiger partial charge in [0.15, 0.2) is 6.61 Å². The molecule has 9 heteroatoms. The number of alkyl halides is 3. The molecule has 0 fully saturated rings. The van der Waals surface area contributed by atoms with Gasteiger partial charge in [0.05, 0.1) is 34.3 Å². The van der Waals surface area contributed by atoms with Crippen LogP contribution < -0.4 is 4.74 Å². The summed E-state index contributed by atoms with van der Waals surface area (Å²) in [7, 11) is 2.00. The van der Waals surface area contributed by atoms with Crippen molar-refractivity contribution in [3.63, 3.8) is 0 Å². The Kier molecular flexibility index (Phi) is 6.39. The minimum atomic E-state index is -4.41. The van der Waals surface area contributed by atoms with E-state index in [0.717, 1.165) is 57.7 Å². The zero-order valence-corrected chi connectivity index (χ0v) is 21.2. The molecule has 3 heterocycles. The number of fused-ring (bicyclic) bond motifs is 2. The second-order valence-corrected chi connectivity index (χ2v) is 9.29. The highest BCUT2D eigenvalue weighted by Gasteiger charge is 2.29. The first-order valence-corrected chi connectivity index (χ1v) is 12.2. The van der Waals surface area contributed by atoms with E-state index in [1.54, 1.807) is 6.92 Å². The Morgan fingerprint density at radius 3 is 2.51 bits per heavy atom. The molecule has 6 nitrogen and oxygen atoms in total. The smallest absolute Gasteiger partial charge is 0.422 e. The molecule has 0 atom stereocenters. The third kappa shape index (κ3) is 4.77. The predicted octanol–water partition coefficient (Wildman–Crippen LogP) is 6.54. The number of imidazole rings is 2. The lowest BCUT2D eigenvalue weighted by Gasteiger charge is -2.15. The fourth-order valence-electron chi connectivity index (χ4n) is 4.75. The van der Waals surface area contributed by atoms with Gasteiger partial charge in [-0.1, -0.05) is 19.1 Å². The molecular weight excluding hydrogens is 479 g/mol. The zero-order chi connectivity index (χ0) is 26.3. The maximum atomic E-state index is 12.7. The molecule has 0 aliphatic heterocycles. The average Bonchev–Trinajstić information content (AvgIpc) is 3.37. The molecule has 3 aromatic heterocycles. The van der Waals surface area contributed by atoms with E-state index in [-0.39, 0.29) is 5.75 Å². The lowest BCUT2D eigenvalue weighted by Crippen LogP contribution is -2.20. The van der Waals surface area contributed by atoms with Gasteiger partial charge in [0.1, 0.15) is 17.4 Å². The van der Waals surface area contributed by atoms with Crippen LogP contribution in [-0.2, 0) is 20.0 Å². The van der Waals surface area contributed by atoms with Crippen LogP contribution in [0.2, 0.25) is 0 Å². The van der Waals surface area contributed by atoms with Crippen LogP contribution in [0.3, 0.4) is 0 Å². The summed E-state index contributed by atoms with van der Waals surface area (Å²) in [5.41, 5.74) is 7.03. The van der Waals surface area contributed by atoms with Crippen molar-refractivity contribution in [1.82, 2.24) is 24.1 Å². The summed E-state index contributed by atoms with van der Waals surface area (Å²) < 4.78 is 47.5. The van der Waals surface area contributed by atoms with Crippen LogP contribution in [0.15, 0.2) is 48.7 Å². The highest BCUT2D eigenvalue weighted by Crippen LogP contribution is 2.31. The Morgan fingerprint density at radius 2 is 1.78 bits per heavy atom. The van der Waals surface area contributed by atoms with Gasteiger partial charge in [-0.25, -0.2) is 9.97 Å². The fourth-order valence-corrected chi connectivity index (χ4v) is 4.75. The number of para-hydroxylation sites is 2. The summed E-state index contributed by atoms with van der Waals surface area (Å²) in [6.45, 7) is 4.90. The number of hydrogen-bond acceptors (Lipinski definition) is 4. The number of aryl methyl sites for hydroxylation is 3. The third-order valence-electron chi connectivity index (χ3n) is 6.60. The summed E-state index contributed by atoms with van der Waals surface area (Å²) in [5, 5.41) is 0. The molecule has 5 aromatic rings. The van der Waals surface area contributed by atoms with Gasteiger partial charge in [-0.2, -0.15) is 13.2 Å². The molecule has 5 rings (SSSR count). The van der Waals surface area contributed by atoms with Gasteiger partial charge < -0.3 is 13.9 Å². The van der Waals surface area contributed by atoms with Gasteiger partial charge in [-0.3, -0.25) is 4.98 Å². The van der Waals surface area contributed by atoms with Gasteiger partial charge >= 0.3 is 6.18 Å². The first kappa shape index (κ1) is 24.8. The monoisotopic (exact) mass is 507 g/mol. The molecule has 0 N–H and O–H groups in total. The number of aromatic nitrogens is 5. The molecule has 0 saturated carbocycles. The van der Waals surface area contributed by atoms with E-state index < -0.39 is 12.8 Å². The van der Waals surface area contributed by atoms with E-state index in [9.17, 15) is 13.2 Å². The number of pyridine rings is 1. The van der Waals surface area contributed by atoms with Crippen molar-refractivity contribution in [2.24, 2.45) is 7.05 Å². The topological polar surface area (TPSA) is 57.8 Å². The minimum absolute atomic E-state index is 0.181. The molecule has 0 bridgehead atoms. The van der Waals surface area contributed by atoms with Crippen molar-refractivity contribution in [3.05, 3.63) is 71.3 Å². The second kappa shape index (κ2) is 9.53. The Hall–Kier alpha value is -3.88. The van der Waals surface area contributed by atoms with E-state index >= 15 is 0 Å². The number of halogens is 3. The summed E-state index contributed by atoms with van der Waals surface area (Å²) in [5.74, 6) is 1.94. The van der Waals surface area contributed by atoms with Gasteiger partial charge in [-0.05, 0) is 56.2 Å². The summed E-state index contributed by atoms with van der Waals surface area (Å²) >= 11 is 0. The summed E-state index contributed by atoms with van der Waals surface area (Å²) in [6, 6.07) is 13.7. The molecule has 0 saturated heterocycles. The van der Waals surface area contributed by atoms with E-state index in [1.807, 2.05) is 38.2 Å². The minimum Gasteiger partial charge on any atom is -0.484 e. The quantitative estimate of drug-likeness (QED) is 0.251. The Labute approximate surface area is 212 Å². The van der Waals surface area contributed by atoms with Crippen molar-refractivity contribution in [3.8, 4) is 17.1 Å². The number of hydrogen-bond donors (Lipinski definition) is 0. The molecule has 37 heavy (non-hydrogen) atoms. The van der Waals surface area contributed by atoms with Crippen molar-refractivity contribution >= 4 is 22.1 Å². The van der Waals surface area contributed by atoms with Crippen molar-refractivity contribution < 1.29 is 17.9 Å². The van der Waals surface area contributed by atoms with Crippen molar-refractivity contribution in [2.75, 3.05) is 6.61 Å². The largest absolute Gasteiger partial charge is 0.484 e. The Balaban J connectivity index is 1.61. The van der Waals surface area contributed by atoms with E-state index in [4.69, 9.17) is 14.7 Å². The average molecular weight is 508 g/mol. The molecular formula is C28H28F3N5O. The molecule has 0 aliphatic carbocycles. The molecule has 0 radical (unpaired) electrons. The van der Waals surface area contributed by atoms with Crippen LogP contribution in [0.25, 0.3) is 33.5 Å². The first-order valence-electron chi connectivity index (χ1n) is 12.2. The van der Waals surface area contributed by atoms with Crippen LogP contribution in [-0.4, -0.2) is 36.9 Å². The number of rotatable bonds is 7. The second-order valence-electron chi connectivity index (χ2n) is 9.29. The van der Waals surface area contributed by atoms with Gasteiger partial charge in [0.2, 0.25) is 0 Å². The Morgan fingerprint density at radius 1 is 1.00 bits per heavy atom. The summed E-state index contributed by atoms with van der Waals surface area (Å²) in [6.07, 6.45) is -1.25. The standard InChI is InChI=1S/C28H28F3N5O/c1-5-8-25-34-26-17(2)13-19(27-33-20-9-6-7-10-22(20)35(27)4)14-23(26)36(25)15-21-18(3)24(11-12-32-21)37-16-28(29,30)31/h6-7,9-14H,5,8,15-16H2,1-4H3. The van der Waals surface area contributed by atoms with Gasteiger partial charge in [0, 0.05) is 30.8 Å². The number of ether oxygens (including phenoxy) is 1. The van der Waals surface area contributed by atoms with E-state index in [2.05, 4.69) is 33.2 Å². The maximum Gasteiger partial charge on any atom is 0.422 e. The normalized spacial score (nSPS) is 12.1. The number of benzene rings is 2. The molecule has 0 amide bonds. The van der Waals surface area contributed by atoms with Crippen LogP contribution in [0.1, 0.15) is 36.0 Å². The Bertz CT molecular complexity index is 1600. The highest BCUT2D eigenvalue weighted by molar-refractivity contribution is 5.87. The summed E-state index contributed by atoms with van der Waals surface area (Å²) in [4.78, 5) is 14.3. The fraction of sp³-hybridized carbons (Fsp3) is 0.321. The molecule has 0 aliphatic rings. The molecule has 192 valence electrons. The molecule has 2 aromatic carbocycles. The lowest BCUT2D eigenvalue weighted by molar-refractivity contribution is -0.153. The van der Waals surface area contributed by atoms with Crippen LogP contribution >= 0.6 is 0 Å². The SMILES string of the molecule is CCCc1nc2c(C)cc(-c3nc4ccccc4n3C)cc2n1Cc1nccc(OCC(F)(F)F)c1C. The molecule has 0 spiro atoms. The van der Waals surface area contributed by atoms with Gasteiger partial charge in [0.25, 0.3) is 0 Å². The first-order chi connectivity index (χ1) is 17.7. The van der Waals surface area contributed by atoms with Crippen molar-refractivity contribution in [2.45, 2.75) is 46.3 Å². The highest BCUT2D eigenvalue weighted by atomic mass is 19.4. The number of nitrogens with zero attached hydrogens (tertiary/aromatic N) is 5. The lowest BCUT2D eigenvalue weighted by atomic mass is 10.1. The zero-order valence-electron chi connectivity index (χ0n) is 21.2. The van der Waals surface area contributed by atoms with Crippen LogP contribution in [0.4, 0.5) is 13.2 Å².